The molecule has 2 aromatic rings. The Labute approximate surface area is 236 Å². The van der Waals surface area contributed by atoms with Gasteiger partial charge in [0.25, 0.3) is 10.9 Å². The minimum absolute atomic E-state index is 0.0571. The Morgan fingerprint density at radius 1 is 1.02 bits per heavy atom. The molecule has 0 spiro atoms. The Hall–Kier alpha value is -2.36. The Morgan fingerprint density at radius 3 is 2.55 bits per heavy atom. The van der Waals surface area contributed by atoms with Crippen LogP contribution in [-0.4, -0.2) is 52.5 Å². The lowest BCUT2D eigenvalue weighted by Crippen LogP contribution is -2.49. The summed E-state index contributed by atoms with van der Waals surface area (Å²) in [6.07, 6.45) is 9.02. The standard InChI is InChI=1S/C31H45F2N3O4/c1-3-39-15-8-16-40-31(22-12-13-25(32)26(33)18-22)23-11-7-14-36(20-23)28-27(29(37)30(28)38)35-24(19-34-2)17-21-9-5-4-6-10-21/h12-13,18,21,23-24,31,34-35H,3-11,14-17,19-20H2,1-2H3/t23-,24+,31?/m1/s1. The first-order chi connectivity index (χ1) is 19.4. The van der Waals surface area contributed by atoms with Crippen LogP contribution in [0.15, 0.2) is 27.8 Å². The summed E-state index contributed by atoms with van der Waals surface area (Å²) in [4.78, 5) is 27.6. The molecule has 1 saturated carbocycles. The Bertz CT molecular complexity index is 1150. The number of ether oxygens (including phenoxy) is 2. The lowest BCUT2D eigenvalue weighted by Gasteiger charge is -2.39. The average Bonchev–Trinajstić information content (AvgIpc) is 2.97. The van der Waals surface area contributed by atoms with E-state index in [1.807, 2.05) is 18.9 Å². The third kappa shape index (κ3) is 7.68. The summed E-state index contributed by atoms with van der Waals surface area (Å²) in [5.41, 5.74) is 0.549. The van der Waals surface area contributed by atoms with Gasteiger partial charge in [-0.15, -0.1) is 0 Å². The quantitative estimate of drug-likeness (QED) is 0.236. The van der Waals surface area contributed by atoms with E-state index in [4.69, 9.17) is 9.47 Å². The first-order valence-corrected chi connectivity index (χ1v) is 15.1. The van der Waals surface area contributed by atoms with Gasteiger partial charge in [-0.1, -0.05) is 38.2 Å². The second kappa shape index (κ2) is 15.0. The summed E-state index contributed by atoms with van der Waals surface area (Å²) in [6.45, 7) is 5.40. The molecular weight excluding hydrogens is 516 g/mol. The van der Waals surface area contributed by atoms with E-state index >= 15 is 0 Å². The van der Waals surface area contributed by atoms with Crippen LogP contribution in [0, 0.1) is 23.5 Å². The third-order valence-corrected chi connectivity index (χ3v) is 8.44. The van der Waals surface area contributed by atoms with Crippen LogP contribution in [-0.2, 0) is 9.47 Å². The molecule has 1 aliphatic heterocycles. The fraction of sp³-hybridized carbons (Fsp3) is 0.677. The van der Waals surface area contributed by atoms with Gasteiger partial charge >= 0.3 is 0 Å². The van der Waals surface area contributed by atoms with Crippen molar-refractivity contribution >= 4 is 11.4 Å². The van der Waals surface area contributed by atoms with Crippen LogP contribution < -0.4 is 26.4 Å². The molecule has 7 nitrogen and oxygen atoms in total. The van der Waals surface area contributed by atoms with Gasteiger partial charge in [0, 0.05) is 51.4 Å². The fourth-order valence-electron chi connectivity index (χ4n) is 6.45. The normalized spacial score (nSPS) is 20.1. The Morgan fingerprint density at radius 2 is 1.82 bits per heavy atom. The van der Waals surface area contributed by atoms with Gasteiger partial charge in [0.05, 0.1) is 6.10 Å². The highest BCUT2D eigenvalue weighted by Crippen LogP contribution is 2.36. The van der Waals surface area contributed by atoms with E-state index in [1.165, 1.54) is 38.2 Å². The molecule has 2 fully saturated rings. The van der Waals surface area contributed by atoms with E-state index in [2.05, 4.69) is 10.6 Å². The highest BCUT2D eigenvalue weighted by molar-refractivity contribution is 5.75. The van der Waals surface area contributed by atoms with Crippen molar-refractivity contribution in [1.29, 1.82) is 0 Å². The summed E-state index contributed by atoms with van der Waals surface area (Å²) in [5, 5.41) is 6.68. The number of nitrogens with one attached hydrogen (secondary N) is 2. The zero-order valence-corrected chi connectivity index (χ0v) is 24.0. The van der Waals surface area contributed by atoms with Crippen molar-refractivity contribution in [2.24, 2.45) is 11.8 Å². The molecular formula is C31H45F2N3O4. The van der Waals surface area contributed by atoms with E-state index in [0.717, 1.165) is 25.3 Å². The minimum atomic E-state index is -0.907. The predicted octanol–water partition coefficient (Wildman–Crippen LogP) is 4.93. The summed E-state index contributed by atoms with van der Waals surface area (Å²) < 4.78 is 39.6. The van der Waals surface area contributed by atoms with Gasteiger partial charge in [-0.3, -0.25) is 9.59 Å². The molecule has 1 unspecified atom stereocenters. The van der Waals surface area contributed by atoms with Crippen LogP contribution in [0.1, 0.15) is 76.4 Å². The fourth-order valence-corrected chi connectivity index (χ4v) is 6.45. The van der Waals surface area contributed by atoms with E-state index in [1.54, 1.807) is 6.07 Å². The molecule has 40 heavy (non-hydrogen) atoms. The number of hydrogen-bond acceptors (Lipinski definition) is 7. The van der Waals surface area contributed by atoms with Gasteiger partial charge in [0.15, 0.2) is 11.6 Å². The van der Waals surface area contributed by atoms with Gasteiger partial charge in [-0.05, 0) is 63.3 Å². The largest absolute Gasteiger partial charge is 0.382 e. The first kappa shape index (κ1) is 30.6. The van der Waals surface area contributed by atoms with Crippen molar-refractivity contribution in [3.8, 4) is 0 Å². The molecule has 2 N–H and O–H groups in total. The third-order valence-electron chi connectivity index (χ3n) is 8.44. The molecule has 3 atom stereocenters. The SMILES string of the molecule is CCOCCCOC(c1ccc(F)c(F)c1)[C@@H]1CCCN(c2c(N[C@H](CNC)CC3CCCCC3)c(=O)c2=O)C1. The molecule has 1 aliphatic carbocycles. The Kier molecular flexibility index (Phi) is 11.5. The van der Waals surface area contributed by atoms with Crippen molar-refractivity contribution < 1.29 is 18.3 Å². The molecule has 4 rings (SSSR count). The smallest absolute Gasteiger partial charge is 0.253 e. The number of nitrogens with zero attached hydrogens (tertiary/aromatic N) is 1. The number of halogens is 2. The van der Waals surface area contributed by atoms with Gasteiger partial charge in [0.2, 0.25) is 0 Å². The van der Waals surface area contributed by atoms with Crippen molar-refractivity contribution in [3.63, 3.8) is 0 Å². The average molecular weight is 562 g/mol. The topological polar surface area (TPSA) is 79.9 Å². The van der Waals surface area contributed by atoms with Gasteiger partial charge in [-0.25, -0.2) is 8.78 Å². The Balaban J connectivity index is 1.49. The van der Waals surface area contributed by atoms with Crippen molar-refractivity contribution in [2.75, 3.05) is 56.7 Å². The number of rotatable bonds is 15. The summed E-state index contributed by atoms with van der Waals surface area (Å²) in [6, 6.07) is 3.98. The van der Waals surface area contributed by atoms with Crippen LogP contribution in [0.25, 0.3) is 0 Å². The van der Waals surface area contributed by atoms with Gasteiger partial charge in [-0.2, -0.15) is 0 Å². The summed E-state index contributed by atoms with van der Waals surface area (Å²) >= 11 is 0. The molecule has 0 radical (unpaired) electrons. The highest BCUT2D eigenvalue weighted by atomic mass is 19.2. The maximum absolute atomic E-state index is 14.2. The molecule has 1 heterocycles. The van der Waals surface area contributed by atoms with Crippen molar-refractivity contribution in [2.45, 2.75) is 76.9 Å². The molecule has 0 aromatic heterocycles. The maximum atomic E-state index is 14.2. The minimum Gasteiger partial charge on any atom is -0.382 e. The lowest BCUT2D eigenvalue weighted by atomic mass is 9.84. The summed E-state index contributed by atoms with van der Waals surface area (Å²) in [5.74, 6) is -1.23. The van der Waals surface area contributed by atoms with Crippen molar-refractivity contribution in [3.05, 3.63) is 55.8 Å². The van der Waals surface area contributed by atoms with Crippen LogP contribution in [0.2, 0.25) is 0 Å². The number of likely N-dealkylation sites (N-methyl/N-ethyl adjacent to an activating group) is 1. The number of hydrogen-bond donors (Lipinski definition) is 2. The second-order valence-corrected chi connectivity index (χ2v) is 11.4. The second-order valence-electron chi connectivity index (χ2n) is 11.4. The van der Waals surface area contributed by atoms with E-state index in [9.17, 15) is 18.4 Å². The van der Waals surface area contributed by atoms with Gasteiger partial charge in [0.1, 0.15) is 11.4 Å². The van der Waals surface area contributed by atoms with Crippen LogP contribution in [0.5, 0.6) is 0 Å². The first-order valence-electron chi connectivity index (χ1n) is 15.1. The molecule has 9 heteroatoms. The van der Waals surface area contributed by atoms with E-state index < -0.39 is 28.6 Å². The monoisotopic (exact) mass is 561 g/mol. The molecule has 2 aliphatic rings. The molecule has 2 aromatic carbocycles. The predicted molar refractivity (Wildman–Crippen MR) is 155 cm³/mol. The summed E-state index contributed by atoms with van der Waals surface area (Å²) in [7, 11) is 1.90. The van der Waals surface area contributed by atoms with Crippen LogP contribution in [0.4, 0.5) is 20.2 Å². The number of benzene rings is 1. The molecule has 222 valence electrons. The molecule has 0 bridgehead atoms. The molecule has 0 amide bonds. The number of anilines is 2. The van der Waals surface area contributed by atoms with Crippen LogP contribution in [0.3, 0.4) is 0 Å². The highest BCUT2D eigenvalue weighted by Gasteiger charge is 2.35. The van der Waals surface area contributed by atoms with Crippen LogP contribution >= 0.6 is 0 Å². The van der Waals surface area contributed by atoms with Gasteiger partial charge < -0.3 is 25.0 Å². The van der Waals surface area contributed by atoms with Crippen molar-refractivity contribution in [1.82, 2.24) is 5.32 Å². The van der Waals surface area contributed by atoms with E-state index in [-0.39, 0.29) is 12.0 Å². The van der Waals surface area contributed by atoms with E-state index in [0.29, 0.717) is 68.7 Å². The number of piperidine rings is 1. The molecule has 1 saturated heterocycles. The lowest BCUT2D eigenvalue weighted by molar-refractivity contribution is -0.00485. The maximum Gasteiger partial charge on any atom is 0.253 e. The zero-order chi connectivity index (χ0) is 28.5. The zero-order valence-electron chi connectivity index (χ0n) is 24.0.